The molecule has 5 heteroatoms. The van der Waals surface area contributed by atoms with Crippen LogP contribution in [0.15, 0.2) is 0 Å². The predicted octanol–water partition coefficient (Wildman–Crippen LogP) is 0.624. The van der Waals surface area contributed by atoms with E-state index >= 15 is 0 Å². The Morgan fingerprint density at radius 2 is 2.18 bits per heavy atom. The minimum Gasteiger partial charge on any atom is -0.360 e. The first-order valence-electron chi connectivity index (χ1n) is 6.57. The molecule has 2 N–H and O–H groups in total. The van der Waals surface area contributed by atoms with E-state index in [9.17, 15) is 4.79 Å². The van der Waals surface area contributed by atoms with Crippen molar-refractivity contribution in [2.24, 2.45) is 5.92 Å². The lowest BCUT2D eigenvalue weighted by Gasteiger charge is -2.42. The van der Waals surface area contributed by atoms with E-state index < -0.39 is 0 Å². The highest BCUT2D eigenvalue weighted by atomic mass is 32.1. The van der Waals surface area contributed by atoms with E-state index in [0.717, 1.165) is 31.0 Å². The summed E-state index contributed by atoms with van der Waals surface area (Å²) in [7, 11) is 0. The van der Waals surface area contributed by atoms with Crippen LogP contribution in [0.3, 0.4) is 0 Å². The van der Waals surface area contributed by atoms with Crippen molar-refractivity contribution < 1.29 is 4.79 Å². The summed E-state index contributed by atoms with van der Waals surface area (Å²) < 4.78 is 0. The van der Waals surface area contributed by atoms with Crippen LogP contribution in [0.2, 0.25) is 0 Å². The second-order valence-corrected chi connectivity index (χ2v) is 5.82. The summed E-state index contributed by atoms with van der Waals surface area (Å²) >= 11 is 5.43. The van der Waals surface area contributed by atoms with Crippen LogP contribution in [0.25, 0.3) is 0 Å². The van der Waals surface area contributed by atoms with Gasteiger partial charge in [0.2, 0.25) is 5.91 Å². The average molecular weight is 253 g/mol. The number of nitrogens with one attached hydrogen (secondary N) is 2. The minimum atomic E-state index is 0.221. The summed E-state index contributed by atoms with van der Waals surface area (Å²) in [5.74, 6) is 0.804. The van der Waals surface area contributed by atoms with Gasteiger partial charge in [-0.1, -0.05) is 0 Å². The molecule has 2 unspecified atom stereocenters. The molecule has 0 bridgehead atoms. The van der Waals surface area contributed by atoms with E-state index in [2.05, 4.69) is 15.5 Å². The Bertz CT molecular complexity index is 343. The van der Waals surface area contributed by atoms with Crippen molar-refractivity contribution in [2.45, 2.75) is 44.2 Å². The van der Waals surface area contributed by atoms with Crippen LogP contribution >= 0.6 is 12.2 Å². The summed E-state index contributed by atoms with van der Waals surface area (Å²) in [5, 5.41) is 7.42. The van der Waals surface area contributed by atoms with Gasteiger partial charge in [0.05, 0.1) is 0 Å². The third-order valence-corrected chi connectivity index (χ3v) is 4.39. The molecule has 3 fully saturated rings. The second kappa shape index (κ2) is 4.44. The molecule has 1 aliphatic carbocycles. The van der Waals surface area contributed by atoms with Crippen molar-refractivity contribution in [2.75, 3.05) is 13.1 Å². The first-order valence-corrected chi connectivity index (χ1v) is 6.98. The molecule has 3 rings (SSSR count). The Morgan fingerprint density at radius 1 is 1.35 bits per heavy atom. The van der Waals surface area contributed by atoms with Crippen molar-refractivity contribution in [3.63, 3.8) is 0 Å². The van der Waals surface area contributed by atoms with E-state index in [4.69, 9.17) is 12.2 Å². The van der Waals surface area contributed by atoms with Crippen LogP contribution in [0, 0.1) is 5.92 Å². The molecule has 17 heavy (non-hydrogen) atoms. The Balaban J connectivity index is 1.55. The van der Waals surface area contributed by atoms with Crippen molar-refractivity contribution in [3.8, 4) is 0 Å². The Morgan fingerprint density at radius 3 is 2.94 bits per heavy atom. The number of amides is 1. The SMILES string of the molecule is O=C1CCC2CN(C(=S)NC3CC3)CCC2N1. The molecule has 0 spiro atoms. The number of nitrogens with zero attached hydrogens (tertiary/aromatic N) is 1. The highest BCUT2D eigenvalue weighted by molar-refractivity contribution is 7.80. The number of likely N-dealkylation sites (tertiary alicyclic amines) is 1. The lowest BCUT2D eigenvalue weighted by atomic mass is 9.85. The zero-order chi connectivity index (χ0) is 11.8. The van der Waals surface area contributed by atoms with Crippen molar-refractivity contribution in [3.05, 3.63) is 0 Å². The molecule has 0 aromatic carbocycles. The fraction of sp³-hybridized carbons (Fsp3) is 0.833. The largest absolute Gasteiger partial charge is 0.360 e. The molecule has 4 nitrogen and oxygen atoms in total. The zero-order valence-corrected chi connectivity index (χ0v) is 10.8. The maximum Gasteiger partial charge on any atom is 0.220 e. The summed E-state index contributed by atoms with van der Waals surface area (Å²) in [6.07, 6.45) is 5.24. The summed E-state index contributed by atoms with van der Waals surface area (Å²) in [6, 6.07) is 1.02. The molecule has 0 aromatic heterocycles. The van der Waals surface area contributed by atoms with Gasteiger partial charge in [-0.3, -0.25) is 4.79 Å². The van der Waals surface area contributed by atoms with Gasteiger partial charge in [-0.05, 0) is 43.8 Å². The molecule has 0 aromatic rings. The van der Waals surface area contributed by atoms with Gasteiger partial charge in [0.1, 0.15) is 0 Å². The van der Waals surface area contributed by atoms with Crippen LogP contribution in [0.5, 0.6) is 0 Å². The Hall–Kier alpha value is -0.840. The number of hydrogen-bond donors (Lipinski definition) is 2. The quantitative estimate of drug-likeness (QED) is 0.673. The van der Waals surface area contributed by atoms with Crippen molar-refractivity contribution >= 4 is 23.2 Å². The summed E-state index contributed by atoms with van der Waals surface area (Å²) in [6.45, 7) is 1.98. The molecule has 2 heterocycles. The normalized spacial score (nSPS) is 32.7. The molecule has 1 saturated carbocycles. The van der Waals surface area contributed by atoms with Gasteiger partial charge < -0.3 is 15.5 Å². The van der Waals surface area contributed by atoms with E-state index in [1.54, 1.807) is 0 Å². The lowest BCUT2D eigenvalue weighted by Crippen LogP contribution is -2.56. The maximum atomic E-state index is 11.3. The fourth-order valence-corrected chi connectivity index (χ4v) is 3.12. The molecular formula is C12H19N3OS. The number of carbonyl (C=O) groups is 1. The van der Waals surface area contributed by atoms with Gasteiger partial charge in [0, 0.05) is 31.6 Å². The van der Waals surface area contributed by atoms with Crippen LogP contribution in [0.4, 0.5) is 0 Å². The van der Waals surface area contributed by atoms with Gasteiger partial charge in [-0.25, -0.2) is 0 Å². The van der Waals surface area contributed by atoms with Crippen LogP contribution in [-0.4, -0.2) is 41.1 Å². The smallest absolute Gasteiger partial charge is 0.220 e. The van der Waals surface area contributed by atoms with E-state index in [0.29, 0.717) is 24.4 Å². The Kier molecular flexibility index (Phi) is 2.94. The zero-order valence-electron chi connectivity index (χ0n) is 9.95. The van der Waals surface area contributed by atoms with E-state index in [1.807, 2.05) is 0 Å². The topological polar surface area (TPSA) is 44.4 Å². The third kappa shape index (κ3) is 2.54. The average Bonchev–Trinajstić information content (AvgIpc) is 3.12. The van der Waals surface area contributed by atoms with E-state index in [-0.39, 0.29) is 5.91 Å². The molecule has 2 atom stereocenters. The van der Waals surface area contributed by atoms with Crippen LogP contribution in [-0.2, 0) is 4.79 Å². The molecule has 2 aliphatic heterocycles. The molecule has 2 saturated heterocycles. The molecule has 0 radical (unpaired) electrons. The van der Waals surface area contributed by atoms with Crippen molar-refractivity contribution in [1.82, 2.24) is 15.5 Å². The number of carbonyl (C=O) groups excluding carboxylic acids is 1. The molecule has 1 amide bonds. The third-order valence-electron chi connectivity index (χ3n) is 4.01. The monoisotopic (exact) mass is 253 g/mol. The molecule has 94 valence electrons. The lowest BCUT2D eigenvalue weighted by molar-refractivity contribution is -0.125. The van der Waals surface area contributed by atoms with Gasteiger partial charge in [0.15, 0.2) is 5.11 Å². The van der Waals surface area contributed by atoms with Gasteiger partial charge >= 0.3 is 0 Å². The Labute approximate surface area is 107 Å². The maximum absolute atomic E-state index is 11.3. The number of piperidine rings is 2. The van der Waals surface area contributed by atoms with Gasteiger partial charge in [-0.15, -0.1) is 0 Å². The van der Waals surface area contributed by atoms with Crippen molar-refractivity contribution in [1.29, 1.82) is 0 Å². The van der Waals surface area contributed by atoms with Crippen LogP contribution in [0.1, 0.15) is 32.1 Å². The predicted molar refractivity (Wildman–Crippen MR) is 69.6 cm³/mol. The second-order valence-electron chi connectivity index (χ2n) is 5.43. The number of hydrogen-bond acceptors (Lipinski definition) is 2. The standard InChI is InChI=1S/C12H19N3OS/c16-11-4-1-8-7-15(6-5-10(8)14-11)12(17)13-9-2-3-9/h8-10H,1-7H2,(H,13,17)(H,14,16). The van der Waals surface area contributed by atoms with E-state index in [1.165, 1.54) is 12.8 Å². The molecule has 3 aliphatic rings. The number of fused-ring (bicyclic) bond motifs is 1. The summed E-state index contributed by atoms with van der Waals surface area (Å²) in [4.78, 5) is 13.6. The highest BCUT2D eigenvalue weighted by Gasteiger charge is 2.35. The van der Waals surface area contributed by atoms with Crippen LogP contribution < -0.4 is 10.6 Å². The van der Waals surface area contributed by atoms with Gasteiger partial charge in [-0.2, -0.15) is 0 Å². The summed E-state index contributed by atoms with van der Waals surface area (Å²) in [5.41, 5.74) is 0. The number of rotatable bonds is 1. The molecular weight excluding hydrogens is 234 g/mol. The minimum absolute atomic E-state index is 0.221. The highest BCUT2D eigenvalue weighted by Crippen LogP contribution is 2.26. The first kappa shape index (κ1) is 11.3. The van der Waals surface area contributed by atoms with Gasteiger partial charge in [0.25, 0.3) is 0 Å². The fourth-order valence-electron chi connectivity index (χ4n) is 2.79. The first-order chi connectivity index (χ1) is 8.22. The number of thiocarbonyl (C=S) groups is 1.